The van der Waals surface area contributed by atoms with Gasteiger partial charge in [-0.1, -0.05) is 6.07 Å². The summed E-state index contributed by atoms with van der Waals surface area (Å²) in [6.45, 7) is 2.01. The first kappa shape index (κ1) is 14.0. The number of ether oxygens (including phenoxy) is 1. The normalized spacial score (nSPS) is 10.7. The predicted octanol–water partition coefficient (Wildman–Crippen LogP) is 3.45. The molecule has 0 bridgehead atoms. The lowest BCUT2D eigenvalue weighted by atomic mass is 10.3. The van der Waals surface area contributed by atoms with Gasteiger partial charge in [0.2, 0.25) is 5.89 Å². The molecule has 0 unspecified atom stereocenters. The van der Waals surface area contributed by atoms with Gasteiger partial charge in [0.05, 0.1) is 22.0 Å². The fourth-order valence-electron chi connectivity index (χ4n) is 1.73. The van der Waals surface area contributed by atoms with E-state index >= 15 is 0 Å². The van der Waals surface area contributed by atoms with Gasteiger partial charge in [-0.05, 0) is 18.4 Å². The monoisotopic (exact) mass is 320 g/mol. The van der Waals surface area contributed by atoms with Crippen LogP contribution in [-0.2, 0) is 22.6 Å². The molecule has 0 atom stereocenters. The fraction of sp³-hybridized carbons (Fsp3) is 0.214. The van der Waals surface area contributed by atoms with Crippen LogP contribution in [0.4, 0.5) is 0 Å². The summed E-state index contributed by atoms with van der Waals surface area (Å²) in [4.78, 5) is 21.2. The van der Waals surface area contributed by atoms with Gasteiger partial charge in [0.1, 0.15) is 18.6 Å². The van der Waals surface area contributed by atoms with Crippen molar-refractivity contribution in [1.82, 2.24) is 9.97 Å². The van der Waals surface area contributed by atoms with Crippen molar-refractivity contribution < 1.29 is 13.9 Å². The zero-order valence-electron chi connectivity index (χ0n) is 11.2. The van der Waals surface area contributed by atoms with Crippen molar-refractivity contribution in [3.05, 3.63) is 45.6 Å². The van der Waals surface area contributed by atoms with Crippen LogP contribution in [0.3, 0.4) is 0 Å². The first-order chi connectivity index (χ1) is 10.2. The average Bonchev–Trinajstić information content (AvgIpc) is 3.17. The van der Waals surface area contributed by atoms with Gasteiger partial charge >= 0.3 is 5.97 Å². The molecule has 0 saturated carbocycles. The molecule has 21 heavy (non-hydrogen) atoms. The van der Waals surface area contributed by atoms with Gasteiger partial charge in [0, 0.05) is 5.38 Å². The van der Waals surface area contributed by atoms with Gasteiger partial charge in [-0.3, -0.25) is 4.79 Å². The van der Waals surface area contributed by atoms with E-state index in [0.29, 0.717) is 11.6 Å². The molecular formula is C14H12N2O3S2. The summed E-state index contributed by atoms with van der Waals surface area (Å²) in [7, 11) is 0. The number of hydrogen-bond donors (Lipinski definition) is 0. The van der Waals surface area contributed by atoms with E-state index in [1.807, 2.05) is 29.8 Å². The number of aromatic nitrogens is 2. The zero-order valence-corrected chi connectivity index (χ0v) is 12.9. The molecule has 0 aliphatic heterocycles. The molecule has 0 radical (unpaired) electrons. The van der Waals surface area contributed by atoms with E-state index in [9.17, 15) is 4.79 Å². The van der Waals surface area contributed by atoms with Gasteiger partial charge in [0.15, 0.2) is 0 Å². The zero-order chi connectivity index (χ0) is 14.7. The highest BCUT2D eigenvalue weighted by atomic mass is 32.1. The van der Waals surface area contributed by atoms with E-state index in [-0.39, 0.29) is 19.0 Å². The second-order valence-corrected chi connectivity index (χ2v) is 6.33. The smallest absolute Gasteiger partial charge is 0.312 e. The van der Waals surface area contributed by atoms with Crippen LogP contribution >= 0.6 is 22.7 Å². The summed E-state index contributed by atoms with van der Waals surface area (Å²) in [6.07, 6.45) is 1.69. The highest BCUT2D eigenvalue weighted by Gasteiger charge is 2.11. The van der Waals surface area contributed by atoms with Gasteiger partial charge in [-0.15, -0.1) is 22.7 Å². The van der Waals surface area contributed by atoms with Gasteiger partial charge < -0.3 is 9.15 Å². The molecule has 3 aromatic heterocycles. The molecule has 3 aromatic rings. The number of aryl methyl sites for hydroxylation is 1. The Bertz CT molecular complexity index is 731. The minimum absolute atomic E-state index is 0.108. The number of thiophene rings is 1. The Labute approximate surface area is 129 Å². The van der Waals surface area contributed by atoms with E-state index < -0.39 is 0 Å². The minimum atomic E-state index is -0.319. The lowest BCUT2D eigenvalue weighted by Gasteiger charge is -2.00. The van der Waals surface area contributed by atoms with Crippen molar-refractivity contribution in [2.75, 3.05) is 0 Å². The molecule has 0 N–H and O–H groups in total. The topological polar surface area (TPSA) is 65.2 Å². The van der Waals surface area contributed by atoms with E-state index in [4.69, 9.17) is 9.15 Å². The van der Waals surface area contributed by atoms with E-state index in [2.05, 4.69) is 9.97 Å². The standard InChI is InChI=1S/C14H12N2O3S2/c1-9-15-10(8-21-9)5-13(17)18-6-11-7-19-14(16-11)12-3-2-4-20-12/h2-4,7-8H,5-6H2,1H3. The van der Waals surface area contributed by atoms with Crippen LogP contribution < -0.4 is 0 Å². The number of hydrogen-bond acceptors (Lipinski definition) is 7. The van der Waals surface area contributed by atoms with Crippen LogP contribution in [0.5, 0.6) is 0 Å². The lowest BCUT2D eigenvalue weighted by Crippen LogP contribution is -2.08. The van der Waals surface area contributed by atoms with Gasteiger partial charge in [0.25, 0.3) is 0 Å². The third-order valence-electron chi connectivity index (χ3n) is 2.66. The second kappa shape index (κ2) is 6.19. The molecule has 0 saturated heterocycles. The molecule has 0 aliphatic rings. The molecule has 0 fully saturated rings. The third kappa shape index (κ3) is 3.56. The Balaban J connectivity index is 1.54. The summed E-state index contributed by atoms with van der Waals surface area (Å²) in [5.41, 5.74) is 1.34. The third-order valence-corrected chi connectivity index (χ3v) is 4.34. The summed E-state index contributed by atoms with van der Waals surface area (Å²) in [5, 5.41) is 4.76. The molecule has 0 aliphatic carbocycles. The van der Waals surface area contributed by atoms with Crippen LogP contribution in [0.2, 0.25) is 0 Å². The minimum Gasteiger partial charge on any atom is -0.459 e. The van der Waals surface area contributed by atoms with Crippen LogP contribution in [-0.4, -0.2) is 15.9 Å². The molecule has 0 aromatic carbocycles. The fourth-order valence-corrected chi connectivity index (χ4v) is 3.00. The number of rotatable bonds is 5. The number of carbonyl (C=O) groups excluding carboxylic acids is 1. The van der Waals surface area contributed by atoms with Gasteiger partial charge in [-0.2, -0.15) is 0 Å². The number of nitrogens with zero attached hydrogens (tertiary/aromatic N) is 2. The van der Waals surface area contributed by atoms with Crippen molar-refractivity contribution in [1.29, 1.82) is 0 Å². The van der Waals surface area contributed by atoms with Gasteiger partial charge in [-0.25, -0.2) is 9.97 Å². The molecule has 5 nitrogen and oxygen atoms in total. The molecule has 7 heteroatoms. The van der Waals surface area contributed by atoms with E-state index in [1.54, 1.807) is 11.3 Å². The maximum atomic E-state index is 11.7. The van der Waals surface area contributed by atoms with Crippen molar-refractivity contribution in [3.8, 4) is 10.8 Å². The average molecular weight is 320 g/mol. The molecule has 3 heterocycles. The highest BCUT2D eigenvalue weighted by Crippen LogP contribution is 2.23. The lowest BCUT2D eigenvalue weighted by molar-refractivity contribution is -0.144. The first-order valence-electron chi connectivity index (χ1n) is 6.25. The Morgan fingerprint density at radius 3 is 2.95 bits per heavy atom. The van der Waals surface area contributed by atoms with Crippen molar-refractivity contribution in [3.63, 3.8) is 0 Å². The molecule has 108 valence electrons. The quantitative estimate of drug-likeness (QED) is 0.674. The second-order valence-electron chi connectivity index (χ2n) is 4.32. The largest absolute Gasteiger partial charge is 0.459 e. The number of oxazole rings is 1. The highest BCUT2D eigenvalue weighted by molar-refractivity contribution is 7.13. The SMILES string of the molecule is Cc1nc(CC(=O)OCc2coc(-c3cccs3)n2)cs1. The first-order valence-corrected chi connectivity index (χ1v) is 8.01. The van der Waals surface area contributed by atoms with Crippen LogP contribution in [0.1, 0.15) is 16.4 Å². The van der Waals surface area contributed by atoms with Crippen LogP contribution in [0.25, 0.3) is 10.8 Å². The molecular weight excluding hydrogens is 308 g/mol. The number of esters is 1. The maximum Gasteiger partial charge on any atom is 0.312 e. The molecule has 0 amide bonds. The van der Waals surface area contributed by atoms with Crippen LogP contribution in [0, 0.1) is 6.92 Å². The summed E-state index contributed by atoms with van der Waals surface area (Å²) in [6, 6.07) is 3.86. The predicted molar refractivity (Wildman–Crippen MR) is 80.2 cm³/mol. The Morgan fingerprint density at radius 1 is 1.33 bits per heavy atom. The Morgan fingerprint density at radius 2 is 2.24 bits per heavy atom. The van der Waals surface area contributed by atoms with Crippen LogP contribution in [0.15, 0.2) is 33.6 Å². The number of thiazole rings is 1. The summed E-state index contributed by atoms with van der Waals surface area (Å²) < 4.78 is 10.5. The molecule has 0 spiro atoms. The van der Waals surface area contributed by atoms with Crippen molar-refractivity contribution in [2.24, 2.45) is 0 Å². The molecule has 3 rings (SSSR count). The van der Waals surface area contributed by atoms with Crippen molar-refractivity contribution in [2.45, 2.75) is 20.0 Å². The van der Waals surface area contributed by atoms with E-state index in [1.165, 1.54) is 17.6 Å². The Hall–Kier alpha value is -1.99. The maximum absolute atomic E-state index is 11.7. The van der Waals surface area contributed by atoms with E-state index in [0.717, 1.165) is 15.6 Å². The Kier molecular flexibility index (Phi) is 4.12. The number of carbonyl (C=O) groups is 1. The summed E-state index contributed by atoms with van der Waals surface area (Å²) in [5.74, 6) is 0.229. The van der Waals surface area contributed by atoms with Crippen molar-refractivity contribution >= 4 is 28.6 Å². The summed E-state index contributed by atoms with van der Waals surface area (Å²) >= 11 is 3.06.